The average molecular weight is 288 g/mol. The van der Waals surface area contributed by atoms with Crippen LogP contribution in [0.5, 0.6) is 5.75 Å². The van der Waals surface area contributed by atoms with Gasteiger partial charge in [0.25, 0.3) is 0 Å². The van der Waals surface area contributed by atoms with E-state index in [0.717, 1.165) is 6.42 Å². The van der Waals surface area contributed by atoms with Crippen LogP contribution in [0.25, 0.3) is 0 Å². The van der Waals surface area contributed by atoms with Crippen LogP contribution >= 0.6 is 23.2 Å². The predicted molar refractivity (Wildman–Crippen MR) is 76.8 cm³/mol. The molecule has 2 rings (SSSR count). The molecule has 1 saturated heterocycles. The van der Waals surface area contributed by atoms with E-state index in [4.69, 9.17) is 27.9 Å². The van der Waals surface area contributed by atoms with Crippen LogP contribution < -0.4 is 4.74 Å². The van der Waals surface area contributed by atoms with Gasteiger partial charge in [0, 0.05) is 17.1 Å². The van der Waals surface area contributed by atoms with Crippen LogP contribution in [-0.4, -0.2) is 31.1 Å². The fourth-order valence-electron chi connectivity index (χ4n) is 2.40. The fraction of sp³-hybridized carbons (Fsp3) is 0.571. The third kappa shape index (κ3) is 3.78. The summed E-state index contributed by atoms with van der Waals surface area (Å²) in [7, 11) is 2.19. The maximum Gasteiger partial charge on any atom is 0.139 e. The molecule has 1 aliphatic rings. The van der Waals surface area contributed by atoms with E-state index in [1.807, 2.05) is 0 Å². The molecular formula is C14H19Cl2NO. The predicted octanol–water partition coefficient (Wildman–Crippen LogP) is 4.25. The number of benzene rings is 1. The molecule has 0 aromatic heterocycles. The molecule has 1 unspecified atom stereocenters. The maximum absolute atomic E-state index is 6.05. The summed E-state index contributed by atoms with van der Waals surface area (Å²) in [5.41, 5.74) is 0. The molecule has 100 valence electrons. The molecule has 0 N–H and O–H groups in total. The summed E-state index contributed by atoms with van der Waals surface area (Å²) in [4.78, 5) is 2.42. The van der Waals surface area contributed by atoms with Crippen molar-refractivity contribution in [3.8, 4) is 5.75 Å². The van der Waals surface area contributed by atoms with Crippen molar-refractivity contribution >= 4 is 23.2 Å². The minimum Gasteiger partial charge on any atom is -0.492 e. The van der Waals surface area contributed by atoms with Crippen LogP contribution in [0.3, 0.4) is 0 Å². The molecule has 1 aromatic rings. The highest BCUT2D eigenvalue weighted by molar-refractivity contribution is 6.34. The zero-order valence-corrected chi connectivity index (χ0v) is 12.2. The highest BCUT2D eigenvalue weighted by Crippen LogP contribution is 2.28. The van der Waals surface area contributed by atoms with Gasteiger partial charge < -0.3 is 9.64 Å². The lowest BCUT2D eigenvalue weighted by Gasteiger charge is -2.32. The number of piperidine rings is 1. The van der Waals surface area contributed by atoms with E-state index in [9.17, 15) is 0 Å². The fourth-order valence-corrected chi connectivity index (χ4v) is 2.74. The number of halogens is 2. The van der Waals surface area contributed by atoms with Gasteiger partial charge in [-0.05, 0) is 45.0 Å². The molecule has 0 spiro atoms. The zero-order chi connectivity index (χ0) is 13.0. The number of likely N-dealkylation sites (tertiary alicyclic amines) is 1. The highest BCUT2D eigenvalue weighted by atomic mass is 35.5. The van der Waals surface area contributed by atoms with E-state index >= 15 is 0 Å². The van der Waals surface area contributed by atoms with Crippen LogP contribution in [0.2, 0.25) is 10.0 Å². The zero-order valence-electron chi connectivity index (χ0n) is 10.7. The molecule has 1 heterocycles. The third-order valence-electron chi connectivity index (χ3n) is 3.52. The summed E-state index contributed by atoms with van der Waals surface area (Å²) in [6, 6.07) is 5.95. The Balaban J connectivity index is 1.82. The molecule has 0 bridgehead atoms. The summed E-state index contributed by atoms with van der Waals surface area (Å²) < 4.78 is 5.73. The minimum absolute atomic E-state index is 0.622. The van der Waals surface area contributed by atoms with Gasteiger partial charge in [-0.3, -0.25) is 0 Å². The largest absolute Gasteiger partial charge is 0.492 e. The lowest BCUT2D eigenvalue weighted by Crippen LogP contribution is -2.37. The summed E-state index contributed by atoms with van der Waals surface area (Å²) in [6.07, 6.45) is 4.95. The van der Waals surface area contributed by atoms with Crippen molar-refractivity contribution in [2.75, 3.05) is 20.2 Å². The van der Waals surface area contributed by atoms with Gasteiger partial charge >= 0.3 is 0 Å². The van der Waals surface area contributed by atoms with Crippen molar-refractivity contribution in [1.82, 2.24) is 4.90 Å². The van der Waals surface area contributed by atoms with E-state index in [1.165, 1.54) is 25.8 Å². The van der Waals surface area contributed by atoms with Crippen molar-refractivity contribution in [2.24, 2.45) is 0 Å². The molecular weight excluding hydrogens is 269 g/mol. The quantitative estimate of drug-likeness (QED) is 0.821. The van der Waals surface area contributed by atoms with E-state index in [-0.39, 0.29) is 0 Å². The van der Waals surface area contributed by atoms with Gasteiger partial charge in [-0.1, -0.05) is 29.6 Å². The molecule has 1 fully saturated rings. The number of hydrogen-bond donors (Lipinski definition) is 0. The van der Waals surface area contributed by atoms with Crippen molar-refractivity contribution in [3.63, 3.8) is 0 Å². The summed E-state index contributed by atoms with van der Waals surface area (Å²) in [6.45, 7) is 1.89. The Kier molecular flexibility index (Phi) is 5.16. The van der Waals surface area contributed by atoms with Gasteiger partial charge in [-0.15, -0.1) is 0 Å². The average Bonchev–Trinajstić information content (AvgIpc) is 2.36. The molecule has 18 heavy (non-hydrogen) atoms. The molecule has 0 amide bonds. The van der Waals surface area contributed by atoms with E-state index < -0.39 is 0 Å². The Bertz CT molecular complexity index is 397. The molecule has 0 saturated carbocycles. The Hall–Kier alpha value is -0.440. The lowest BCUT2D eigenvalue weighted by atomic mass is 10.0. The van der Waals surface area contributed by atoms with Gasteiger partial charge in [0.05, 0.1) is 11.6 Å². The SMILES string of the molecule is CN1CCCCC1CCOc1cc(Cl)ccc1Cl. The topological polar surface area (TPSA) is 12.5 Å². The number of hydrogen-bond acceptors (Lipinski definition) is 2. The Labute approximate surface area is 119 Å². The van der Waals surface area contributed by atoms with Crippen LogP contribution in [0.1, 0.15) is 25.7 Å². The second kappa shape index (κ2) is 6.65. The smallest absolute Gasteiger partial charge is 0.139 e. The first kappa shape index (κ1) is 14.0. The van der Waals surface area contributed by atoms with Crippen molar-refractivity contribution < 1.29 is 4.74 Å². The highest BCUT2D eigenvalue weighted by Gasteiger charge is 2.18. The van der Waals surface area contributed by atoms with Crippen molar-refractivity contribution in [3.05, 3.63) is 28.2 Å². The number of nitrogens with zero attached hydrogens (tertiary/aromatic N) is 1. The Morgan fingerprint density at radius 2 is 2.17 bits per heavy atom. The van der Waals surface area contributed by atoms with Crippen LogP contribution in [0.15, 0.2) is 18.2 Å². The molecule has 2 nitrogen and oxygen atoms in total. The van der Waals surface area contributed by atoms with E-state index in [1.54, 1.807) is 18.2 Å². The first-order valence-electron chi connectivity index (χ1n) is 6.45. The monoisotopic (exact) mass is 287 g/mol. The summed E-state index contributed by atoms with van der Waals surface area (Å²) in [5, 5.41) is 1.28. The molecule has 1 atom stereocenters. The van der Waals surface area contributed by atoms with Crippen molar-refractivity contribution in [2.45, 2.75) is 31.7 Å². The van der Waals surface area contributed by atoms with Gasteiger partial charge in [0.2, 0.25) is 0 Å². The van der Waals surface area contributed by atoms with E-state index in [0.29, 0.717) is 28.4 Å². The second-order valence-electron chi connectivity index (χ2n) is 4.84. The standard InChI is InChI=1S/C14H19Cl2NO/c1-17-8-3-2-4-12(17)7-9-18-14-10-11(15)5-6-13(14)16/h5-6,10,12H,2-4,7-9H2,1H3. The second-order valence-corrected chi connectivity index (χ2v) is 5.69. The summed E-state index contributed by atoms with van der Waals surface area (Å²) >= 11 is 12.0. The summed E-state index contributed by atoms with van der Waals surface area (Å²) in [5.74, 6) is 0.683. The Morgan fingerprint density at radius 1 is 1.33 bits per heavy atom. The van der Waals surface area contributed by atoms with Gasteiger partial charge in [0.1, 0.15) is 5.75 Å². The lowest BCUT2D eigenvalue weighted by molar-refractivity contribution is 0.153. The van der Waals surface area contributed by atoms with Crippen LogP contribution in [0.4, 0.5) is 0 Å². The van der Waals surface area contributed by atoms with Gasteiger partial charge in [-0.2, -0.15) is 0 Å². The van der Waals surface area contributed by atoms with Gasteiger partial charge in [0.15, 0.2) is 0 Å². The van der Waals surface area contributed by atoms with E-state index in [2.05, 4.69) is 11.9 Å². The minimum atomic E-state index is 0.622. The van der Waals surface area contributed by atoms with Gasteiger partial charge in [-0.25, -0.2) is 0 Å². The first-order chi connectivity index (χ1) is 8.66. The normalized spacial score (nSPS) is 20.9. The molecule has 4 heteroatoms. The van der Waals surface area contributed by atoms with Crippen LogP contribution in [-0.2, 0) is 0 Å². The van der Waals surface area contributed by atoms with Crippen LogP contribution in [0, 0.1) is 0 Å². The number of rotatable bonds is 4. The molecule has 1 aliphatic heterocycles. The first-order valence-corrected chi connectivity index (χ1v) is 7.20. The maximum atomic E-state index is 6.05. The number of ether oxygens (including phenoxy) is 1. The molecule has 0 aliphatic carbocycles. The molecule has 1 aromatic carbocycles. The Morgan fingerprint density at radius 3 is 2.94 bits per heavy atom. The third-order valence-corrected chi connectivity index (χ3v) is 4.07. The van der Waals surface area contributed by atoms with Crippen molar-refractivity contribution in [1.29, 1.82) is 0 Å². The molecule has 0 radical (unpaired) electrons.